The Kier molecular flexibility index (Phi) is 6.43. The van der Waals surface area contributed by atoms with Crippen molar-refractivity contribution in [3.8, 4) is 0 Å². The van der Waals surface area contributed by atoms with Crippen molar-refractivity contribution in [1.82, 2.24) is 15.1 Å². The zero-order valence-electron chi connectivity index (χ0n) is 17.8. The third-order valence-corrected chi connectivity index (χ3v) is 5.76. The number of hydrogen-bond donors (Lipinski definition) is 1. The van der Waals surface area contributed by atoms with E-state index in [2.05, 4.69) is 5.32 Å². The van der Waals surface area contributed by atoms with Crippen molar-refractivity contribution in [2.45, 2.75) is 58.1 Å². The first-order valence-corrected chi connectivity index (χ1v) is 10.4. The predicted molar refractivity (Wildman–Crippen MR) is 109 cm³/mol. The molecule has 2 saturated heterocycles. The summed E-state index contributed by atoms with van der Waals surface area (Å²) >= 11 is 0. The molecular formula is C22H29N3O5. The van der Waals surface area contributed by atoms with Crippen LogP contribution < -0.4 is 5.32 Å². The molecule has 30 heavy (non-hydrogen) atoms. The van der Waals surface area contributed by atoms with Gasteiger partial charge in [0.05, 0.1) is 0 Å². The molecule has 1 N–H and O–H groups in total. The molecule has 2 aliphatic heterocycles. The standard InChI is InChI=1S/C22H29N3O5/c1-15-8-10-17(11-9-15)22(3)20(28)25(21(29)23-22)14-18(26)30-16(2)19(27)24-12-6-4-5-7-13-24/h8-11,16H,4-7,12-14H2,1-3H3,(H,23,29)/t16-,22-/m1/s1. The Morgan fingerprint density at radius 1 is 1.10 bits per heavy atom. The Bertz CT molecular complexity index is 830. The molecule has 0 aromatic heterocycles. The van der Waals surface area contributed by atoms with Crippen molar-refractivity contribution in [3.63, 3.8) is 0 Å². The Balaban J connectivity index is 1.62. The van der Waals surface area contributed by atoms with Gasteiger partial charge >= 0.3 is 12.0 Å². The number of amides is 4. The summed E-state index contributed by atoms with van der Waals surface area (Å²) in [4.78, 5) is 52.8. The minimum Gasteiger partial charge on any atom is -0.451 e. The molecule has 162 valence electrons. The molecule has 3 rings (SSSR count). The van der Waals surface area contributed by atoms with Gasteiger partial charge in [-0.25, -0.2) is 4.79 Å². The smallest absolute Gasteiger partial charge is 0.327 e. The number of carbonyl (C=O) groups is 4. The van der Waals surface area contributed by atoms with E-state index in [1.54, 1.807) is 24.0 Å². The SMILES string of the molecule is Cc1ccc([C@@]2(C)NC(=O)N(CC(=O)O[C@H](C)C(=O)N3CCCCCC3)C2=O)cc1. The van der Waals surface area contributed by atoms with E-state index in [0.717, 1.165) is 36.1 Å². The number of nitrogens with zero attached hydrogens (tertiary/aromatic N) is 2. The van der Waals surface area contributed by atoms with E-state index in [-0.39, 0.29) is 5.91 Å². The van der Waals surface area contributed by atoms with Gasteiger partial charge in [-0.05, 0) is 39.2 Å². The Hall–Kier alpha value is -2.90. The van der Waals surface area contributed by atoms with Crippen molar-refractivity contribution in [2.75, 3.05) is 19.6 Å². The van der Waals surface area contributed by atoms with E-state index in [4.69, 9.17) is 4.74 Å². The Morgan fingerprint density at radius 2 is 1.70 bits per heavy atom. The largest absolute Gasteiger partial charge is 0.451 e. The van der Waals surface area contributed by atoms with Crippen LogP contribution in [-0.4, -0.2) is 59.4 Å². The molecule has 0 unspecified atom stereocenters. The third-order valence-electron chi connectivity index (χ3n) is 5.76. The van der Waals surface area contributed by atoms with Gasteiger partial charge in [0.2, 0.25) is 0 Å². The van der Waals surface area contributed by atoms with E-state index >= 15 is 0 Å². The van der Waals surface area contributed by atoms with Crippen molar-refractivity contribution in [2.24, 2.45) is 0 Å². The second-order valence-electron chi connectivity index (χ2n) is 8.18. The molecule has 2 heterocycles. The molecule has 1 aromatic carbocycles. The number of aryl methyl sites for hydroxylation is 1. The molecule has 0 aliphatic carbocycles. The van der Waals surface area contributed by atoms with Crippen molar-refractivity contribution in [1.29, 1.82) is 0 Å². The first-order valence-electron chi connectivity index (χ1n) is 10.4. The molecule has 0 bridgehead atoms. The quantitative estimate of drug-likeness (QED) is 0.587. The summed E-state index contributed by atoms with van der Waals surface area (Å²) in [6, 6.07) is 6.60. The van der Waals surface area contributed by atoms with Crippen molar-refractivity contribution in [3.05, 3.63) is 35.4 Å². The van der Waals surface area contributed by atoms with Crippen LogP contribution in [0.15, 0.2) is 24.3 Å². The van der Waals surface area contributed by atoms with Gasteiger partial charge in [-0.3, -0.25) is 19.3 Å². The van der Waals surface area contributed by atoms with E-state index < -0.39 is 36.1 Å². The summed E-state index contributed by atoms with van der Waals surface area (Å²) in [7, 11) is 0. The fourth-order valence-electron chi connectivity index (χ4n) is 3.89. The van der Waals surface area contributed by atoms with Gasteiger partial charge in [-0.15, -0.1) is 0 Å². The lowest BCUT2D eigenvalue weighted by molar-refractivity contribution is -0.160. The van der Waals surface area contributed by atoms with Crippen LogP contribution in [0.3, 0.4) is 0 Å². The van der Waals surface area contributed by atoms with Crippen molar-refractivity contribution >= 4 is 23.8 Å². The van der Waals surface area contributed by atoms with Crippen LogP contribution in [0, 0.1) is 6.92 Å². The summed E-state index contributed by atoms with van der Waals surface area (Å²) in [6.45, 7) is 5.83. The van der Waals surface area contributed by atoms with Crippen LogP contribution in [0.1, 0.15) is 50.7 Å². The van der Waals surface area contributed by atoms with Gasteiger partial charge in [0.1, 0.15) is 12.1 Å². The number of imide groups is 1. The molecule has 0 spiro atoms. The average molecular weight is 415 g/mol. The molecule has 0 radical (unpaired) electrons. The van der Waals surface area contributed by atoms with E-state index in [1.165, 1.54) is 6.92 Å². The number of carbonyl (C=O) groups excluding carboxylic acids is 4. The number of esters is 1. The fourth-order valence-corrected chi connectivity index (χ4v) is 3.89. The van der Waals surface area contributed by atoms with Crippen LogP contribution in [-0.2, 0) is 24.7 Å². The maximum absolute atomic E-state index is 12.9. The Labute approximate surface area is 176 Å². The number of ether oxygens (including phenoxy) is 1. The highest BCUT2D eigenvalue weighted by Crippen LogP contribution is 2.29. The normalized spacial score (nSPS) is 23.0. The third kappa shape index (κ3) is 4.47. The molecule has 0 saturated carbocycles. The molecule has 8 heteroatoms. The summed E-state index contributed by atoms with van der Waals surface area (Å²) in [5.74, 6) is -1.56. The molecule has 2 atom stereocenters. The predicted octanol–water partition coefficient (Wildman–Crippen LogP) is 2.10. The lowest BCUT2D eigenvalue weighted by Crippen LogP contribution is -2.43. The summed E-state index contributed by atoms with van der Waals surface area (Å²) in [5, 5.41) is 2.66. The number of likely N-dealkylation sites (tertiary alicyclic amines) is 1. The summed E-state index contributed by atoms with van der Waals surface area (Å²) in [6.07, 6.45) is 3.09. The molecule has 2 fully saturated rings. The minimum atomic E-state index is -1.25. The van der Waals surface area contributed by atoms with E-state index in [1.807, 2.05) is 19.1 Å². The molecule has 1 aromatic rings. The van der Waals surface area contributed by atoms with Gasteiger partial charge < -0.3 is 15.0 Å². The second kappa shape index (κ2) is 8.85. The zero-order chi connectivity index (χ0) is 21.9. The van der Waals surface area contributed by atoms with Gasteiger partial charge in [-0.1, -0.05) is 42.7 Å². The number of benzene rings is 1. The number of nitrogens with one attached hydrogen (secondary N) is 1. The Morgan fingerprint density at radius 3 is 2.30 bits per heavy atom. The monoisotopic (exact) mass is 415 g/mol. The zero-order valence-corrected chi connectivity index (χ0v) is 17.8. The number of rotatable bonds is 5. The van der Waals surface area contributed by atoms with E-state index in [9.17, 15) is 19.2 Å². The van der Waals surface area contributed by atoms with Crippen LogP contribution in [0.5, 0.6) is 0 Å². The second-order valence-corrected chi connectivity index (χ2v) is 8.18. The number of hydrogen-bond acceptors (Lipinski definition) is 5. The first-order chi connectivity index (χ1) is 14.2. The van der Waals surface area contributed by atoms with Gasteiger partial charge in [0.25, 0.3) is 11.8 Å². The molecule has 4 amide bonds. The maximum Gasteiger partial charge on any atom is 0.327 e. The van der Waals surface area contributed by atoms with Gasteiger partial charge in [-0.2, -0.15) is 0 Å². The number of urea groups is 1. The van der Waals surface area contributed by atoms with Crippen LogP contribution in [0.4, 0.5) is 4.79 Å². The lowest BCUT2D eigenvalue weighted by Gasteiger charge is -2.24. The van der Waals surface area contributed by atoms with Gasteiger partial charge in [0.15, 0.2) is 6.10 Å². The highest BCUT2D eigenvalue weighted by atomic mass is 16.5. The lowest BCUT2D eigenvalue weighted by atomic mass is 9.91. The fraction of sp³-hybridized carbons (Fsp3) is 0.545. The topological polar surface area (TPSA) is 96.0 Å². The van der Waals surface area contributed by atoms with E-state index in [0.29, 0.717) is 18.7 Å². The highest BCUT2D eigenvalue weighted by molar-refractivity contribution is 6.08. The highest BCUT2D eigenvalue weighted by Gasteiger charge is 2.49. The van der Waals surface area contributed by atoms with Crippen LogP contribution >= 0.6 is 0 Å². The minimum absolute atomic E-state index is 0.244. The molecule has 8 nitrogen and oxygen atoms in total. The van der Waals surface area contributed by atoms with Crippen LogP contribution in [0.2, 0.25) is 0 Å². The van der Waals surface area contributed by atoms with Gasteiger partial charge in [0, 0.05) is 13.1 Å². The molecular weight excluding hydrogens is 386 g/mol. The summed E-state index contributed by atoms with van der Waals surface area (Å²) < 4.78 is 5.25. The summed E-state index contributed by atoms with van der Waals surface area (Å²) in [5.41, 5.74) is 0.410. The van der Waals surface area contributed by atoms with Crippen molar-refractivity contribution < 1.29 is 23.9 Å². The van der Waals surface area contributed by atoms with Crippen LogP contribution in [0.25, 0.3) is 0 Å². The molecule has 2 aliphatic rings. The maximum atomic E-state index is 12.9. The average Bonchev–Trinajstić information content (AvgIpc) is 2.91. The first kappa shape index (κ1) is 21.8.